The van der Waals surface area contributed by atoms with Gasteiger partial charge in [-0.15, -0.1) is 0 Å². The Morgan fingerprint density at radius 2 is 1.83 bits per heavy atom. The molecule has 2 aromatic rings. The van der Waals surface area contributed by atoms with Gasteiger partial charge in [-0.25, -0.2) is 8.78 Å². The topological polar surface area (TPSA) is 59.0 Å². The lowest BCUT2D eigenvalue weighted by Crippen LogP contribution is -2.47. The van der Waals surface area contributed by atoms with Gasteiger partial charge in [-0.2, -0.15) is 0 Å². The van der Waals surface area contributed by atoms with Crippen molar-refractivity contribution < 1.29 is 28.2 Å². The number of carboxylic acid groups (broad SMARTS) is 1. The standard InChI is InChI=1S/C23H27F2NO4/c1-3-29-20-11-8-15(13-21(20)30-4-2)22(17-10-9-16(24)14-18(17)25)26-12-6-5-7-19(26)23(27)28/h8-11,13-14,19,22H,3-7,12H2,1-2H3,(H,27,28). The summed E-state index contributed by atoms with van der Waals surface area (Å²) in [6.45, 7) is 5.09. The SMILES string of the molecule is CCOc1ccc(C(c2ccc(F)cc2F)N2CCCCC2C(=O)O)cc1OCC. The van der Waals surface area contributed by atoms with E-state index < -0.39 is 29.7 Å². The van der Waals surface area contributed by atoms with E-state index in [-0.39, 0.29) is 5.56 Å². The first-order valence-electron chi connectivity index (χ1n) is 10.3. The van der Waals surface area contributed by atoms with E-state index in [9.17, 15) is 18.7 Å². The first-order chi connectivity index (χ1) is 14.5. The molecule has 1 saturated heterocycles. The molecular formula is C23H27F2NO4. The zero-order valence-corrected chi connectivity index (χ0v) is 17.2. The van der Waals surface area contributed by atoms with Gasteiger partial charge < -0.3 is 14.6 Å². The molecule has 1 heterocycles. The van der Waals surface area contributed by atoms with Gasteiger partial charge in [-0.3, -0.25) is 9.69 Å². The highest BCUT2D eigenvalue weighted by atomic mass is 19.1. The Balaban J connectivity index is 2.14. The van der Waals surface area contributed by atoms with Crippen LogP contribution in [-0.4, -0.2) is 41.8 Å². The summed E-state index contributed by atoms with van der Waals surface area (Å²) < 4.78 is 39.8. The summed E-state index contributed by atoms with van der Waals surface area (Å²) in [6.07, 6.45) is 2.07. The molecule has 1 fully saturated rings. The Morgan fingerprint density at radius 1 is 1.10 bits per heavy atom. The summed E-state index contributed by atoms with van der Waals surface area (Å²) in [5, 5.41) is 9.78. The molecule has 0 spiro atoms. The molecule has 0 aromatic heterocycles. The quantitative estimate of drug-likeness (QED) is 0.667. The third-order valence-electron chi connectivity index (χ3n) is 5.30. The zero-order valence-electron chi connectivity index (χ0n) is 17.2. The number of ether oxygens (including phenoxy) is 2. The van der Waals surface area contributed by atoms with E-state index >= 15 is 0 Å². The number of nitrogens with zero attached hydrogens (tertiary/aromatic N) is 1. The molecule has 7 heteroatoms. The van der Waals surface area contributed by atoms with Crippen molar-refractivity contribution in [2.24, 2.45) is 0 Å². The van der Waals surface area contributed by atoms with Crippen molar-refractivity contribution in [1.82, 2.24) is 4.90 Å². The molecule has 1 aliphatic rings. The summed E-state index contributed by atoms with van der Waals surface area (Å²) in [6, 6.07) is 7.27. The average molecular weight is 419 g/mol. The van der Waals surface area contributed by atoms with E-state index in [1.807, 2.05) is 13.8 Å². The third-order valence-corrected chi connectivity index (χ3v) is 5.30. The van der Waals surface area contributed by atoms with Gasteiger partial charge in [0, 0.05) is 11.6 Å². The molecule has 0 radical (unpaired) electrons. The smallest absolute Gasteiger partial charge is 0.320 e. The second-order valence-electron chi connectivity index (χ2n) is 7.23. The molecule has 30 heavy (non-hydrogen) atoms. The van der Waals surface area contributed by atoms with Gasteiger partial charge in [0.2, 0.25) is 0 Å². The van der Waals surface area contributed by atoms with Crippen LogP contribution >= 0.6 is 0 Å². The van der Waals surface area contributed by atoms with E-state index in [1.165, 1.54) is 12.1 Å². The van der Waals surface area contributed by atoms with Crippen molar-refractivity contribution in [3.63, 3.8) is 0 Å². The predicted octanol–water partition coefficient (Wildman–Crippen LogP) is 4.79. The number of benzene rings is 2. The van der Waals surface area contributed by atoms with E-state index in [1.54, 1.807) is 23.1 Å². The van der Waals surface area contributed by atoms with Crippen LogP contribution in [0.15, 0.2) is 36.4 Å². The molecular weight excluding hydrogens is 392 g/mol. The van der Waals surface area contributed by atoms with E-state index in [2.05, 4.69) is 0 Å². The first-order valence-corrected chi connectivity index (χ1v) is 10.3. The molecule has 0 bridgehead atoms. The van der Waals surface area contributed by atoms with Gasteiger partial charge in [-0.05, 0) is 57.0 Å². The van der Waals surface area contributed by atoms with E-state index in [4.69, 9.17) is 9.47 Å². The summed E-state index contributed by atoms with van der Waals surface area (Å²) in [4.78, 5) is 13.7. The van der Waals surface area contributed by atoms with Crippen molar-refractivity contribution >= 4 is 5.97 Å². The largest absolute Gasteiger partial charge is 0.490 e. The van der Waals surface area contributed by atoms with Crippen LogP contribution in [0.25, 0.3) is 0 Å². The van der Waals surface area contributed by atoms with Crippen LogP contribution in [0.4, 0.5) is 8.78 Å². The van der Waals surface area contributed by atoms with Crippen LogP contribution in [-0.2, 0) is 4.79 Å². The minimum Gasteiger partial charge on any atom is -0.490 e. The predicted molar refractivity (Wildman–Crippen MR) is 109 cm³/mol. The highest BCUT2D eigenvalue weighted by Crippen LogP contribution is 2.39. The van der Waals surface area contributed by atoms with E-state index in [0.29, 0.717) is 43.2 Å². The maximum atomic E-state index is 14.8. The van der Waals surface area contributed by atoms with Gasteiger partial charge >= 0.3 is 5.97 Å². The van der Waals surface area contributed by atoms with Gasteiger partial charge in [0.1, 0.15) is 17.7 Å². The Bertz CT molecular complexity index is 890. The zero-order chi connectivity index (χ0) is 21.7. The Morgan fingerprint density at radius 3 is 2.50 bits per heavy atom. The fourth-order valence-corrected chi connectivity index (χ4v) is 4.04. The minimum absolute atomic E-state index is 0.233. The van der Waals surface area contributed by atoms with Crippen LogP contribution < -0.4 is 9.47 Å². The van der Waals surface area contributed by atoms with Crippen molar-refractivity contribution in [3.8, 4) is 11.5 Å². The summed E-state index contributed by atoms with van der Waals surface area (Å²) >= 11 is 0. The lowest BCUT2D eigenvalue weighted by molar-refractivity contribution is -0.145. The van der Waals surface area contributed by atoms with Crippen LogP contribution in [0.3, 0.4) is 0 Å². The third kappa shape index (κ3) is 4.73. The molecule has 3 rings (SSSR count). The molecule has 0 aliphatic carbocycles. The van der Waals surface area contributed by atoms with Crippen molar-refractivity contribution in [1.29, 1.82) is 0 Å². The summed E-state index contributed by atoms with van der Waals surface area (Å²) in [5.41, 5.74) is 0.900. The highest BCUT2D eigenvalue weighted by molar-refractivity contribution is 5.73. The second kappa shape index (κ2) is 9.89. The number of piperidine rings is 1. The summed E-state index contributed by atoms with van der Waals surface area (Å²) in [5.74, 6) is -1.26. The van der Waals surface area contributed by atoms with Gasteiger partial charge in [-0.1, -0.05) is 18.6 Å². The monoisotopic (exact) mass is 419 g/mol. The first kappa shape index (κ1) is 22.0. The number of likely N-dealkylation sites (tertiary alicyclic amines) is 1. The fourth-order valence-electron chi connectivity index (χ4n) is 4.04. The number of hydrogen-bond acceptors (Lipinski definition) is 4. The Labute approximate surface area is 175 Å². The lowest BCUT2D eigenvalue weighted by Gasteiger charge is -2.39. The van der Waals surface area contributed by atoms with Crippen LogP contribution in [0, 0.1) is 11.6 Å². The van der Waals surface area contributed by atoms with Crippen LogP contribution in [0.1, 0.15) is 50.3 Å². The molecule has 1 N–H and O–H groups in total. The molecule has 2 unspecified atom stereocenters. The Hall–Kier alpha value is -2.67. The van der Waals surface area contributed by atoms with Crippen molar-refractivity contribution in [2.75, 3.05) is 19.8 Å². The number of aliphatic carboxylic acids is 1. The normalized spacial score (nSPS) is 18.1. The number of hydrogen-bond donors (Lipinski definition) is 1. The lowest BCUT2D eigenvalue weighted by atomic mass is 9.91. The molecule has 5 nitrogen and oxygen atoms in total. The number of halogens is 2. The van der Waals surface area contributed by atoms with Gasteiger partial charge in [0.25, 0.3) is 0 Å². The number of carboxylic acids is 1. The van der Waals surface area contributed by atoms with Crippen LogP contribution in [0.5, 0.6) is 11.5 Å². The van der Waals surface area contributed by atoms with Crippen molar-refractivity contribution in [3.05, 3.63) is 59.2 Å². The molecule has 0 amide bonds. The van der Waals surface area contributed by atoms with Gasteiger partial charge in [0.15, 0.2) is 11.5 Å². The van der Waals surface area contributed by atoms with Gasteiger partial charge in [0.05, 0.1) is 19.3 Å². The van der Waals surface area contributed by atoms with Crippen LogP contribution in [0.2, 0.25) is 0 Å². The number of rotatable bonds is 8. The summed E-state index contributed by atoms with van der Waals surface area (Å²) in [7, 11) is 0. The molecule has 162 valence electrons. The number of carbonyl (C=O) groups is 1. The maximum Gasteiger partial charge on any atom is 0.320 e. The molecule has 0 saturated carbocycles. The molecule has 2 atom stereocenters. The molecule has 1 aliphatic heterocycles. The van der Waals surface area contributed by atoms with Crippen molar-refractivity contribution in [2.45, 2.75) is 45.2 Å². The van der Waals surface area contributed by atoms with E-state index in [0.717, 1.165) is 18.9 Å². The fraction of sp³-hybridized carbons (Fsp3) is 0.435. The maximum absolute atomic E-state index is 14.8. The average Bonchev–Trinajstić information content (AvgIpc) is 2.72. The molecule has 2 aromatic carbocycles. The highest BCUT2D eigenvalue weighted by Gasteiger charge is 2.36. The minimum atomic E-state index is -0.946. The second-order valence-corrected chi connectivity index (χ2v) is 7.23. The Kier molecular flexibility index (Phi) is 7.26.